The zero-order valence-corrected chi connectivity index (χ0v) is 12.2. The Hall–Kier alpha value is -2.88. The van der Waals surface area contributed by atoms with Crippen molar-refractivity contribution >= 4 is 16.9 Å². The summed E-state index contributed by atoms with van der Waals surface area (Å²) in [4.78, 5) is 23.4. The highest BCUT2D eigenvalue weighted by Crippen LogP contribution is 2.47. The fourth-order valence-electron chi connectivity index (χ4n) is 2.95. The zero-order valence-electron chi connectivity index (χ0n) is 12.2. The third-order valence-electron chi connectivity index (χ3n) is 4.33. The monoisotopic (exact) mass is 306 g/mol. The van der Waals surface area contributed by atoms with Gasteiger partial charge in [-0.3, -0.25) is 9.59 Å². The Bertz CT molecular complexity index is 956. The van der Waals surface area contributed by atoms with Crippen LogP contribution >= 0.6 is 0 Å². The Kier molecular flexibility index (Phi) is 3.05. The molecule has 1 aliphatic carbocycles. The molecular formula is C19H14O4. The van der Waals surface area contributed by atoms with Crippen LogP contribution in [-0.4, -0.2) is 11.1 Å². The standard InChI is InChI=1S/C19H14O4/c20-16-10-18(13-9-14(13)19(21)22)23-17-7-6-12(8-15(16)17)11-4-2-1-3-5-11/h1-8,10,13-14H,9H2,(H,21,22). The molecule has 0 bridgehead atoms. The topological polar surface area (TPSA) is 67.5 Å². The highest BCUT2D eigenvalue weighted by atomic mass is 16.4. The van der Waals surface area contributed by atoms with Gasteiger partial charge in [-0.15, -0.1) is 0 Å². The van der Waals surface area contributed by atoms with Crippen LogP contribution in [0.1, 0.15) is 18.1 Å². The van der Waals surface area contributed by atoms with Crippen LogP contribution in [0.4, 0.5) is 0 Å². The Morgan fingerprint density at radius 3 is 2.52 bits per heavy atom. The van der Waals surface area contributed by atoms with E-state index >= 15 is 0 Å². The van der Waals surface area contributed by atoms with Gasteiger partial charge in [0.2, 0.25) is 0 Å². The molecule has 4 heteroatoms. The van der Waals surface area contributed by atoms with Crippen LogP contribution in [0.3, 0.4) is 0 Å². The number of hydrogen-bond donors (Lipinski definition) is 1. The van der Waals surface area contributed by atoms with E-state index < -0.39 is 11.9 Å². The predicted molar refractivity (Wildman–Crippen MR) is 86.4 cm³/mol. The second kappa shape index (κ2) is 5.09. The maximum absolute atomic E-state index is 12.4. The molecule has 0 spiro atoms. The lowest BCUT2D eigenvalue weighted by atomic mass is 10.0. The third-order valence-corrected chi connectivity index (χ3v) is 4.33. The first-order chi connectivity index (χ1) is 11.1. The zero-order chi connectivity index (χ0) is 16.0. The highest BCUT2D eigenvalue weighted by molar-refractivity contribution is 5.83. The van der Waals surface area contributed by atoms with Crippen LogP contribution in [0.25, 0.3) is 22.1 Å². The second-order valence-corrected chi connectivity index (χ2v) is 5.88. The molecule has 1 heterocycles. The minimum absolute atomic E-state index is 0.130. The molecule has 2 aromatic carbocycles. The first-order valence-electron chi connectivity index (χ1n) is 7.49. The number of hydrogen-bond acceptors (Lipinski definition) is 3. The molecule has 0 amide bonds. The van der Waals surface area contributed by atoms with Gasteiger partial charge in [0.15, 0.2) is 5.43 Å². The lowest BCUT2D eigenvalue weighted by molar-refractivity contribution is -0.138. The molecule has 1 saturated carbocycles. The van der Waals surface area contributed by atoms with Gasteiger partial charge in [-0.2, -0.15) is 0 Å². The van der Waals surface area contributed by atoms with E-state index in [2.05, 4.69) is 0 Å². The molecule has 4 nitrogen and oxygen atoms in total. The summed E-state index contributed by atoms with van der Waals surface area (Å²) in [7, 11) is 0. The quantitative estimate of drug-likeness (QED) is 0.802. The molecule has 4 rings (SSSR count). The van der Waals surface area contributed by atoms with Crippen LogP contribution < -0.4 is 5.43 Å². The van der Waals surface area contributed by atoms with Crippen molar-refractivity contribution in [2.24, 2.45) is 5.92 Å². The Morgan fingerprint density at radius 1 is 1.04 bits per heavy atom. The summed E-state index contributed by atoms with van der Waals surface area (Å²) in [6, 6.07) is 16.8. The second-order valence-electron chi connectivity index (χ2n) is 5.88. The molecule has 3 aromatic rings. The molecule has 2 atom stereocenters. The van der Waals surface area contributed by atoms with E-state index in [0.29, 0.717) is 23.2 Å². The number of rotatable bonds is 3. The summed E-state index contributed by atoms with van der Waals surface area (Å²) in [6.07, 6.45) is 0.534. The number of carbonyl (C=O) groups is 1. The van der Waals surface area contributed by atoms with Gasteiger partial charge in [0, 0.05) is 12.0 Å². The van der Waals surface area contributed by atoms with Crippen LogP contribution in [-0.2, 0) is 4.79 Å². The van der Waals surface area contributed by atoms with Gasteiger partial charge >= 0.3 is 5.97 Å². The molecular weight excluding hydrogens is 292 g/mol. The van der Waals surface area contributed by atoms with Crippen molar-refractivity contribution in [2.75, 3.05) is 0 Å². The van der Waals surface area contributed by atoms with Crippen molar-refractivity contribution in [3.63, 3.8) is 0 Å². The van der Waals surface area contributed by atoms with Gasteiger partial charge in [-0.25, -0.2) is 0 Å². The summed E-state index contributed by atoms with van der Waals surface area (Å²) in [5.74, 6) is -0.975. The van der Waals surface area contributed by atoms with Gasteiger partial charge in [-0.1, -0.05) is 36.4 Å². The van der Waals surface area contributed by atoms with E-state index in [1.54, 1.807) is 6.07 Å². The molecule has 1 aromatic heterocycles. The smallest absolute Gasteiger partial charge is 0.307 e. The lowest BCUT2D eigenvalue weighted by Gasteiger charge is -2.05. The minimum atomic E-state index is -0.836. The molecule has 1 fully saturated rings. The average molecular weight is 306 g/mol. The van der Waals surface area contributed by atoms with Crippen molar-refractivity contribution in [1.82, 2.24) is 0 Å². The number of benzene rings is 2. The van der Waals surface area contributed by atoms with Crippen molar-refractivity contribution in [3.8, 4) is 11.1 Å². The number of aliphatic carboxylic acids is 1. The fraction of sp³-hybridized carbons (Fsp3) is 0.158. The molecule has 0 radical (unpaired) electrons. The van der Waals surface area contributed by atoms with E-state index in [9.17, 15) is 9.59 Å². The summed E-state index contributed by atoms with van der Waals surface area (Å²) in [5.41, 5.74) is 2.36. The van der Waals surface area contributed by atoms with Gasteiger partial charge < -0.3 is 9.52 Å². The van der Waals surface area contributed by atoms with E-state index in [1.807, 2.05) is 42.5 Å². The molecule has 1 N–H and O–H groups in total. The van der Waals surface area contributed by atoms with E-state index in [1.165, 1.54) is 6.07 Å². The van der Waals surface area contributed by atoms with Crippen LogP contribution in [0.15, 0.2) is 63.8 Å². The summed E-state index contributed by atoms with van der Waals surface area (Å²) < 4.78 is 5.77. The van der Waals surface area contributed by atoms with Crippen molar-refractivity contribution in [1.29, 1.82) is 0 Å². The molecule has 1 aliphatic rings. The Labute approximate surface area is 132 Å². The average Bonchev–Trinajstić information content (AvgIpc) is 3.36. The summed E-state index contributed by atoms with van der Waals surface area (Å²) in [6.45, 7) is 0. The minimum Gasteiger partial charge on any atom is -0.481 e. The van der Waals surface area contributed by atoms with E-state index in [4.69, 9.17) is 9.52 Å². The molecule has 114 valence electrons. The lowest BCUT2D eigenvalue weighted by Crippen LogP contribution is -2.04. The van der Waals surface area contributed by atoms with Crippen molar-refractivity contribution in [2.45, 2.75) is 12.3 Å². The largest absolute Gasteiger partial charge is 0.481 e. The first-order valence-corrected chi connectivity index (χ1v) is 7.49. The number of fused-ring (bicyclic) bond motifs is 1. The Morgan fingerprint density at radius 2 is 1.83 bits per heavy atom. The first kappa shape index (κ1) is 13.8. The third kappa shape index (κ3) is 2.42. The SMILES string of the molecule is O=C(O)C1CC1c1cc(=O)c2cc(-c3ccccc3)ccc2o1. The maximum Gasteiger partial charge on any atom is 0.307 e. The van der Waals surface area contributed by atoms with Gasteiger partial charge in [0.1, 0.15) is 11.3 Å². The molecule has 23 heavy (non-hydrogen) atoms. The van der Waals surface area contributed by atoms with E-state index in [-0.39, 0.29) is 11.3 Å². The molecule has 2 unspecified atom stereocenters. The Balaban J connectivity index is 1.78. The van der Waals surface area contributed by atoms with Crippen LogP contribution in [0.5, 0.6) is 0 Å². The van der Waals surface area contributed by atoms with Gasteiger partial charge in [0.05, 0.1) is 11.3 Å². The highest BCUT2D eigenvalue weighted by Gasteiger charge is 2.46. The van der Waals surface area contributed by atoms with Crippen molar-refractivity contribution in [3.05, 3.63) is 70.6 Å². The van der Waals surface area contributed by atoms with Gasteiger partial charge in [0.25, 0.3) is 0 Å². The number of carboxylic acids is 1. The van der Waals surface area contributed by atoms with Gasteiger partial charge in [-0.05, 0) is 29.7 Å². The predicted octanol–water partition coefficient (Wildman–Crippen LogP) is 3.65. The normalized spacial score (nSPS) is 19.7. The van der Waals surface area contributed by atoms with Crippen molar-refractivity contribution < 1.29 is 14.3 Å². The number of carboxylic acid groups (broad SMARTS) is 1. The van der Waals surface area contributed by atoms with Crippen LogP contribution in [0, 0.1) is 5.92 Å². The summed E-state index contributed by atoms with van der Waals surface area (Å²) >= 11 is 0. The van der Waals surface area contributed by atoms with E-state index in [0.717, 1.165) is 11.1 Å². The summed E-state index contributed by atoms with van der Waals surface area (Å²) in [5, 5.41) is 9.53. The van der Waals surface area contributed by atoms with Crippen LogP contribution in [0.2, 0.25) is 0 Å². The maximum atomic E-state index is 12.4. The molecule has 0 saturated heterocycles. The molecule has 0 aliphatic heterocycles. The fourth-order valence-corrected chi connectivity index (χ4v) is 2.95.